The van der Waals surface area contributed by atoms with E-state index in [-0.39, 0.29) is 11.7 Å². The van der Waals surface area contributed by atoms with Crippen LogP contribution in [0, 0.1) is 23.7 Å². The van der Waals surface area contributed by atoms with Crippen molar-refractivity contribution >= 4 is 29.9 Å². The normalized spacial score (nSPS) is 32.6. The van der Waals surface area contributed by atoms with Gasteiger partial charge in [-0.25, -0.2) is 4.98 Å². The molecule has 0 radical (unpaired) electrons. The summed E-state index contributed by atoms with van der Waals surface area (Å²) in [6.45, 7) is 4.07. The lowest BCUT2D eigenvalue weighted by atomic mass is 9.75. The highest BCUT2D eigenvalue weighted by atomic mass is 32.2. The molecule has 1 heterocycles. The summed E-state index contributed by atoms with van der Waals surface area (Å²) in [5.74, 6) is 0.278. The zero-order valence-electron chi connectivity index (χ0n) is 17.3. The number of allylic oxidation sites excluding steroid dienone is 5. The minimum Gasteiger partial charge on any atom is -0.481 e. The molecule has 3 aliphatic rings. The maximum absolute atomic E-state index is 10.8. The largest absolute Gasteiger partial charge is 0.481 e. The average molecular weight is 425 g/mol. The number of aromatic nitrogens is 2. The van der Waals surface area contributed by atoms with Crippen LogP contribution in [0.1, 0.15) is 26.7 Å². The van der Waals surface area contributed by atoms with Crippen LogP contribution in [0.25, 0.3) is 12.2 Å². The second-order valence-electron chi connectivity index (χ2n) is 8.64. The van der Waals surface area contributed by atoms with Gasteiger partial charge in [0.1, 0.15) is 0 Å². The first-order valence-electron chi connectivity index (χ1n) is 10.4. The van der Waals surface area contributed by atoms with Crippen molar-refractivity contribution in [2.75, 3.05) is 5.75 Å². The molecule has 1 aromatic rings. The summed E-state index contributed by atoms with van der Waals surface area (Å²) in [5.41, 5.74) is 0.307. The molecule has 0 amide bonds. The fourth-order valence-corrected chi connectivity index (χ4v) is 5.16. The van der Waals surface area contributed by atoms with Gasteiger partial charge in [0.25, 0.3) is 0 Å². The van der Waals surface area contributed by atoms with Gasteiger partial charge in [-0.1, -0.05) is 73.4 Å². The Morgan fingerprint density at radius 1 is 1.30 bits per heavy atom. The zero-order valence-corrected chi connectivity index (χ0v) is 18.1. The molecule has 0 saturated heterocycles. The number of carboxylic acid groups (broad SMARTS) is 1. The predicted molar refractivity (Wildman–Crippen MR) is 120 cm³/mol. The van der Waals surface area contributed by atoms with Gasteiger partial charge in [-0.3, -0.25) is 4.79 Å². The molecule has 30 heavy (non-hydrogen) atoms. The molecule has 5 unspecified atom stereocenters. The molecule has 5 atom stereocenters. The maximum atomic E-state index is 10.8. The Kier molecular flexibility index (Phi) is 5.89. The summed E-state index contributed by atoms with van der Waals surface area (Å²) >= 11 is 1.22. The van der Waals surface area contributed by atoms with Crippen LogP contribution in [0.5, 0.6) is 0 Å². The molecule has 5 nitrogen and oxygen atoms in total. The summed E-state index contributed by atoms with van der Waals surface area (Å²) in [5, 5.41) is 22.2. The molecule has 0 saturated carbocycles. The third kappa shape index (κ3) is 4.55. The van der Waals surface area contributed by atoms with Crippen molar-refractivity contribution in [1.29, 1.82) is 0 Å². The molecule has 0 aromatic carbocycles. The summed E-state index contributed by atoms with van der Waals surface area (Å²) in [7, 11) is 0. The Labute approximate surface area is 180 Å². The van der Waals surface area contributed by atoms with Gasteiger partial charge >= 0.3 is 5.97 Å². The first kappa shape index (κ1) is 20.9. The van der Waals surface area contributed by atoms with E-state index in [1.807, 2.05) is 25.2 Å². The highest BCUT2D eigenvalue weighted by Crippen LogP contribution is 2.37. The number of aliphatic hydroxyl groups is 1. The molecule has 6 heteroatoms. The Morgan fingerprint density at radius 3 is 2.83 bits per heavy atom. The SMILES string of the molecule is CC1C=c2[nH]c(SCC(=O)O)nc2=CC(C2C=CC(C3C=CC=CC3(C)O)=CC2)C1. The Balaban J connectivity index is 1.53. The number of H-pyrrole nitrogens is 1. The van der Waals surface area contributed by atoms with Crippen LogP contribution in [0.2, 0.25) is 0 Å². The topological polar surface area (TPSA) is 86.2 Å². The van der Waals surface area contributed by atoms with Gasteiger partial charge in [0.2, 0.25) is 0 Å². The van der Waals surface area contributed by atoms with Gasteiger partial charge in [0, 0.05) is 5.92 Å². The van der Waals surface area contributed by atoms with Crippen molar-refractivity contribution in [3.8, 4) is 0 Å². The lowest BCUT2D eigenvalue weighted by Crippen LogP contribution is -2.33. The van der Waals surface area contributed by atoms with E-state index in [1.165, 1.54) is 11.8 Å². The second kappa shape index (κ2) is 8.44. The smallest absolute Gasteiger partial charge is 0.313 e. The molecule has 158 valence electrons. The molecule has 3 aliphatic carbocycles. The van der Waals surface area contributed by atoms with E-state index < -0.39 is 11.6 Å². The molecule has 3 N–H and O–H groups in total. The fraction of sp³-hybridized carbons (Fsp3) is 0.417. The predicted octanol–water partition coefficient (Wildman–Crippen LogP) is 2.80. The number of fused-ring (bicyclic) bond motifs is 1. The van der Waals surface area contributed by atoms with E-state index in [0.717, 1.165) is 29.1 Å². The number of nitrogens with one attached hydrogen (secondary N) is 1. The number of thioether (sulfide) groups is 1. The number of carboxylic acids is 1. The van der Waals surface area contributed by atoms with Crippen LogP contribution in [-0.2, 0) is 4.79 Å². The monoisotopic (exact) mass is 424 g/mol. The van der Waals surface area contributed by atoms with E-state index >= 15 is 0 Å². The van der Waals surface area contributed by atoms with Gasteiger partial charge in [-0.2, -0.15) is 0 Å². The Bertz CT molecular complexity index is 1060. The zero-order chi connectivity index (χ0) is 21.3. The Hall–Kier alpha value is -2.31. The molecule has 0 spiro atoms. The van der Waals surface area contributed by atoms with E-state index in [9.17, 15) is 9.90 Å². The van der Waals surface area contributed by atoms with E-state index in [4.69, 9.17) is 5.11 Å². The molecule has 0 aliphatic heterocycles. The van der Waals surface area contributed by atoms with Crippen molar-refractivity contribution in [2.45, 2.75) is 37.4 Å². The van der Waals surface area contributed by atoms with Gasteiger partial charge in [-0.05, 0) is 43.1 Å². The minimum absolute atomic E-state index is 0.00110. The number of hydrogen-bond donors (Lipinski definition) is 3. The molecule has 0 bridgehead atoms. The van der Waals surface area contributed by atoms with Gasteiger partial charge in [-0.15, -0.1) is 0 Å². The minimum atomic E-state index is -0.857. The standard InChI is InChI=1S/C24H28N2O3S/c1-15-11-18(13-21-20(12-15)25-23(26-21)30-14-22(27)28)16-6-8-17(9-7-16)19-5-3-4-10-24(19,2)29/h3-6,8-10,12-13,15-16,18-19,29H,7,11,14H2,1-2H3,(H,25,26)(H,27,28). The van der Waals surface area contributed by atoms with Crippen LogP contribution in [0.3, 0.4) is 0 Å². The van der Waals surface area contributed by atoms with Crippen LogP contribution < -0.4 is 10.7 Å². The van der Waals surface area contributed by atoms with Crippen molar-refractivity contribution < 1.29 is 15.0 Å². The molecule has 0 fully saturated rings. The van der Waals surface area contributed by atoms with Gasteiger partial charge < -0.3 is 15.2 Å². The number of hydrogen-bond acceptors (Lipinski definition) is 4. The number of aliphatic carboxylic acids is 1. The fourth-order valence-electron chi connectivity index (χ4n) is 4.55. The lowest BCUT2D eigenvalue weighted by Gasteiger charge is -2.33. The van der Waals surface area contributed by atoms with E-state index in [2.05, 4.69) is 53.3 Å². The number of carbonyl (C=O) groups is 1. The first-order valence-corrected chi connectivity index (χ1v) is 11.4. The highest BCUT2D eigenvalue weighted by Gasteiger charge is 2.32. The third-order valence-electron chi connectivity index (χ3n) is 6.09. The van der Waals surface area contributed by atoms with E-state index in [0.29, 0.717) is 22.9 Å². The Morgan fingerprint density at radius 2 is 2.13 bits per heavy atom. The molecule has 1 aromatic heterocycles. The summed E-state index contributed by atoms with van der Waals surface area (Å²) in [6.07, 6.45) is 21.0. The molecule has 4 rings (SSSR count). The molecular weight excluding hydrogens is 396 g/mol. The number of aromatic amines is 1. The van der Waals surface area contributed by atoms with Crippen LogP contribution in [0.15, 0.2) is 53.3 Å². The van der Waals surface area contributed by atoms with Crippen LogP contribution in [0.4, 0.5) is 0 Å². The summed E-state index contributed by atoms with van der Waals surface area (Å²) < 4.78 is 0. The van der Waals surface area contributed by atoms with Crippen molar-refractivity contribution in [2.24, 2.45) is 23.7 Å². The van der Waals surface area contributed by atoms with Crippen LogP contribution in [-0.4, -0.2) is 37.5 Å². The van der Waals surface area contributed by atoms with E-state index in [1.54, 1.807) is 0 Å². The first-order chi connectivity index (χ1) is 14.3. The van der Waals surface area contributed by atoms with Crippen molar-refractivity contribution in [3.05, 3.63) is 58.8 Å². The second-order valence-corrected chi connectivity index (χ2v) is 9.61. The third-order valence-corrected chi connectivity index (χ3v) is 6.95. The summed E-state index contributed by atoms with van der Waals surface area (Å²) in [4.78, 5) is 18.8. The highest BCUT2D eigenvalue weighted by molar-refractivity contribution is 7.99. The van der Waals surface area contributed by atoms with Crippen molar-refractivity contribution in [3.63, 3.8) is 0 Å². The lowest BCUT2D eigenvalue weighted by molar-refractivity contribution is -0.133. The van der Waals surface area contributed by atoms with Crippen LogP contribution >= 0.6 is 11.8 Å². The molecular formula is C24H28N2O3S. The number of imidazole rings is 1. The maximum Gasteiger partial charge on any atom is 0.313 e. The van der Waals surface area contributed by atoms with Gasteiger partial charge in [0.05, 0.1) is 22.1 Å². The van der Waals surface area contributed by atoms with Gasteiger partial charge in [0.15, 0.2) is 5.16 Å². The van der Waals surface area contributed by atoms with Crippen molar-refractivity contribution in [1.82, 2.24) is 9.97 Å². The average Bonchev–Trinajstić information content (AvgIpc) is 2.99. The quantitative estimate of drug-likeness (QED) is 0.633. The number of nitrogens with zero attached hydrogens (tertiary/aromatic N) is 1. The number of rotatable bonds is 5. The summed E-state index contributed by atoms with van der Waals surface area (Å²) in [6, 6.07) is 0.